The second-order valence-corrected chi connectivity index (χ2v) is 4.85. The summed E-state index contributed by atoms with van der Waals surface area (Å²) in [6.45, 7) is 5.40. The summed E-state index contributed by atoms with van der Waals surface area (Å²) >= 11 is 4.38. The lowest BCUT2D eigenvalue weighted by molar-refractivity contribution is 0.600. The quantitative estimate of drug-likeness (QED) is 0.626. The number of aromatic nitrogens is 2. The Balaban J connectivity index is 2.36. The van der Waals surface area contributed by atoms with Crippen molar-refractivity contribution in [1.82, 2.24) is 9.55 Å². The first-order valence-electron chi connectivity index (χ1n) is 6.33. The number of nitrogens with zero attached hydrogens (tertiary/aromatic N) is 2. The fraction of sp³-hybridized carbons (Fsp3) is 0.500. The molecule has 1 aromatic carbocycles. The van der Waals surface area contributed by atoms with Gasteiger partial charge in [0, 0.05) is 12.3 Å². The summed E-state index contributed by atoms with van der Waals surface area (Å²) < 4.78 is 2.32. The Morgan fingerprint density at radius 3 is 2.82 bits per heavy atom. The van der Waals surface area contributed by atoms with Crippen LogP contribution in [0.5, 0.6) is 0 Å². The van der Waals surface area contributed by atoms with E-state index in [2.05, 4.69) is 54.2 Å². The number of imidazole rings is 1. The molecule has 0 atom stereocenters. The zero-order chi connectivity index (χ0) is 12.3. The van der Waals surface area contributed by atoms with Gasteiger partial charge in [-0.2, -0.15) is 12.6 Å². The van der Waals surface area contributed by atoms with E-state index in [-0.39, 0.29) is 0 Å². The van der Waals surface area contributed by atoms with Crippen molar-refractivity contribution in [3.05, 3.63) is 29.6 Å². The highest BCUT2D eigenvalue weighted by Crippen LogP contribution is 2.19. The van der Waals surface area contributed by atoms with E-state index in [9.17, 15) is 0 Å². The van der Waals surface area contributed by atoms with Gasteiger partial charge in [-0.15, -0.1) is 0 Å². The summed E-state index contributed by atoms with van der Waals surface area (Å²) in [6, 6.07) is 6.48. The number of unbranched alkanes of at least 4 members (excludes halogenated alkanes) is 2. The molecule has 0 amide bonds. The van der Waals surface area contributed by atoms with Crippen LogP contribution in [-0.4, -0.2) is 9.55 Å². The average Bonchev–Trinajstić information content (AvgIpc) is 2.67. The van der Waals surface area contributed by atoms with E-state index < -0.39 is 0 Å². The van der Waals surface area contributed by atoms with Gasteiger partial charge in [-0.3, -0.25) is 0 Å². The minimum absolute atomic E-state index is 0.708. The molecule has 0 radical (unpaired) electrons. The molecule has 0 saturated heterocycles. The van der Waals surface area contributed by atoms with E-state index >= 15 is 0 Å². The van der Waals surface area contributed by atoms with Gasteiger partial charge < -0.3 is 4.57 Å². The molecule has 17 heavy (non-hydrogen) atoms. The second-order valence-electron chi connectivity index (χ2n) is 4.54. The topological polar surface area (TPSA) is 17.8 Å². The summed E-state index contributed by atoms with van der Waals surface area (Å²) in [5.41, 5.74) is 3.61. The molecule has 0 bridgehead atoms. The summed E-state index contributed by atoms with van der Waals surface area (Å²) in [4.78, 5) is 4.66. The predicted molar refractivity (Wildman–Crippen MR) is 76.7 cm³/mol. The van der Waals surface area contributed by atoms with Gasteiger partial charge in [-0.1, -0.05) is 25.8 Å². The third kappa shape index (κ3) is 2.65. The van der Waals surface area contributed by atoms with Crippen molar-refractivity contribution in [2.45, 2.75) is 45.4 Å². The molecule has 0 aliphatic carbocycles. The van der Waals surface area contributed by atoms with Gasteiger partial charge >= 0.3 is 0 Å². The largest absolute Gasteiger partial charge is 0.327 e. The number of aryl methyl sites for hydroxylation is 2. The number of rotatable bonds is 5. The number of fused-ring (bicyclic) bond motifs is 1. The van der Waals surface area contributed by atoms with Gasteiger partial charge in [0.2, 0.25) is 0 Å². The maximum Gasteiger partial charge on any atom is 0.119 e. The molecule has 2 nitrogen and oxygen atoms in total. The first-order valence-corrected chi connectivity index (χ1v) is 6.96. The molecule has 3 heteroatoms. The molecule has 0 spiro atoms. The Morgan fingerprint density at radius 1 is 1.29 bits per heavy atom. The molecule has 1 heterocycles. The maximum atomic E-state index is 4.66. The van der Waals surface area contributed by atoms with Gasteiger partial charge in [0.05, 0.1) is 11.0 Å². The normalized spacial score (nSPS) is 11.2. The first kappa shape index (κ1) is 12.5. The molecule has 1 aromatic heterocycles. The van der Waals surface area contributed by atoms with Gasteiger partial charge in [-0.25, -0.2) is 4.98 Å². The summed E-state index contributed by atoms with van der Waals surface area (Å²) in [5.74, 6) is 1.80. The monoisotopic (exact) mass is 248 g/mol. The number of thiol groups is 1. The first-order chi connectivity index (χ1) is 8.26. The molecule has 0 unspecified atom stereocenters. The molecular weight excluding hydrogens is 228 g/mol. The Labute approximate surface area is 108 Å². The maximum absolute atomic E-state index is 4.66. The molecule has 0 aliphatic heterocycles. The van der Waals surface area contributed by atoms with E-state index in [0.29, 0.717) is 5.75 Å². The summed E-state index contributed by atoms with van der Waals surface area (Å²) in [5, 5.41) is 0. The Hall–Kier alpha value is -0.960. The predicted octanol–water partition coefficient (Wildman–Crippen LogP) is 3.96. The molecule has 0 N–H and O–H groups in total. The molecule has 0 saturated carbocycles. The molecular formula is C14H20N2S. The zero-order valence-corrected chi connectivity index (χ0v) is 11.5. The van der Waals surface area contributed by atoms with Crippen LogP contribution >= 0.6 is 12.6 Å². The van der Waals surface area contributed by atoms with Crippen LogP contribution in [0.15, 0.2) is 18.2 Å². The van der Waals surface area contributed by atoms with Crippen LogP contribution in [-0.2, 0) is 12.3 Å². The molecule has 2 aromatic rings. The highest BCUT2D eigenvalue weighted by atomic mass is 32.1. The highest BCUT2D eigenvalue weighted by Gasteiger charge is 2.08. The Morgan fingerprint density at radius 2 is 2.12 bits per heavy atom. The third-order valence-corrected chi connectivity index (χ3v) is 3.39. The minimum Gasteiger partial charge on any atom is -0.327 e. The Bertz CT molecular complexity index is 502. The van der Waals surface area contributed by atoms with Crippen molar-refractivity contribution in [3.63, 3.8) is 0 Å². The SMILES string of the molecule is CCCCCn1c(CS)nc2cc(C)ccc21. The molecule has 0 fully saturated rings. The van der Waals surface area contributed by atoms with Gasteiger partial charge in [-0.05, 0) is 31.0 Å². The van der Waals surface area contributed by atoms with Crippen LogP contribution in [0.25, 0.3) is 11.0 Å². The zero-order valence-electron chi connectivity index (χ0n) is 10.6. The fourth-order valence-electron chi connectivity index (χ4n) is 2.18. The second kappa shape index (κ2) is 5.58. The van der Waals surface area contributed by atoms with E-state index in [1.165, 1.54) is 30.3 Å². The van der Waals surface area contributed by atoms with Gasteiger partial charge in [0.1, 0.15) is 5.82 Å². The van der Waals surface area contributed by atoms with Crippen LogP contribution in [0.4, 0.5) is 0 Å². The summed E-state index contributed by atoms with van der Waals surface area (Å²) in [7, 11) is 0. The van der Waals surface area contributed by atoms with E-state index in [1.807, 2.05) is 0 Å². The molecule has 92 valence electrons. The standard InChI is InChI=1S/C14H20N2S/c1-3-4-5-8-16-13-7-6-11(2)9-12(13)15-14(16)10-17/h6-7,9,17H,3-5,8,10H2,1-2H3. The van der Waals surface area contributed by atoms with Crippen molar-refractivity contribution in [2.24, 2.45) is 0 Å². The lowest BCUT2D eigenvalue weighted by atomic mass is 10.2. The van der Waals surface area contributed by atoms with Crippen molar-refractivity contribution in [3.8, 4) is 0 Å². The van der Waals surface area contributed by atoms with Crippen molar-refractivity contribution in [1.29, 1.82) is 0 Å². The highest BCUT2D eigenvalue weighted by molar-refractivity contribution is 7.79. The Kier molecular flexibility index (Phi) is 4.11. The van der Waals surface area contributed by atoms with E-state index in [4.69, 9.17) is 0 Å². The smallest absolute Gasteiger partial charge is 0.119 e. The summed E-state index contributed by atoms with van der Waals surface area (Å²) in [6.07, 6.45) is 3.75. The van der Waals surface area contributed by atoms with Crippen LogP contribution in [0, 0.1) is 6.92 Å². The lowest BCUT2D eigenvalue weighted by Gasteiger charge is -2.07. The third-order valence-electron chi connectivity index (χ3n) is 3.11. The van der Waals surface area contributed by atoms with Gasteiger partial charge in [0.25, 0.3) is 0 Å². The average molecular weight is 248 g/mol. The minimum atomic E-state index is 0.708. The van der Waals surface area contributed by atoms with Crippen LogP contribution in [0.3, 0.4) is 0 Å². The number of benzene rings is 1. The van der Waals surface area contributed by atoms with E-state index in [1.54, 1.807) is 0 Å². The lowest BCUT2D eigenvalue weighted by Crippen LogP contribution is -2.02. The molecule has 2 rings (SSSR count). The van der Waals surface area contributed by atoms with Crippen LogP contribution < -0.4 is 0 Å². The number of hydrogen-bond donors (Lipinski definition) is 1. The van der Waals surface area contributed by atoms with Crippen molar-refractivity contribution >= 4 is 23.7 Å². The van der Waals surface area contributed by atoms with Crippen molar-refractivity contribution < 1.29 is 0 Å². The van der Waals surface area contributed by atoms with Crippen LogP contribution in [0.2, 0.25) is 0 Å². The van der Waals surface area contributed by atoms with E-state index in [0.717, 1.165) is 17.9 Å². The van der Waals surface area contributed by atoms with Crippen LogP contribution in [0.1, 0.15) is 37.6 Å². The fourth-order valence-corrected chi connectivity index (χ4v) is 2.42. The number of hydrogen-bond acceptors (Lipinski definition) is 2. The molecule has 0 aliphatic rings. The van der Waals surface area contributed by atoms with Gasteiger partial charge in [0.15, 0.2) is 0 Å². The van der Waals surface area contributed by atoms with Crippen molar-refractivity contribution in [2.75, 3.05) is 0 Å².